The summed E-state index contributed by atoms with van der Waals surface area (Å²) < 4.78 is 5.38. The molecular formula is C13H7ClN2O3. The van der Waals surface area contributed by atoms with Gasteiger partial charge in [0.1, 0.15) is 5.75 Å². The molecule has 0 aliphatic carbocycles. The number of carboxylic acid groups (broad SMARTS) is 1. The highest BCUT2D eigenvalue weighted by Crippen LogP contribution is 2.23. The normalized spacial score (nSPS) is 9.68. The highest BCUT2D eigenvalue weighted by molar-refractivity contribution is 6.33. The number of pyridine rings is 1. The zero-order chi connectivity index (χ0) is 13.8. The largest absolute Gasteiger partial charge is 0.476 e. The molecular weight excluding hydrogens is 268 g/mol. The molecule has 2 aromatic rings. The van der Waals surface area contributed by atoms with E-state index < -0.39 is 5.97 Å². The van der Waals surface area contributed by atoms with Crippen LogP contribution in [0.1, 0.15) is 16.1 Å². The number of ether oxygens (including phenoxy) is 1. The molecule has 0 unspecified atom stereocenters. The highest BCUT2D eigenvalue weighted by Gasteiger charge is 2.12. The molecule has 6 heteroatoms. The van der Waals surface area contributed by atoms with Gasteiger partial charge in [0, 0.05) is 6.07 Å². The van der Waals surface area contributed by atoms with Gasteiger partial charge in [-0.1, -0.05) is 11.6 Å². The Kier molecular flexibility index (Phi) is 3.64. The third kappa shape index (κ3) is 3.00. The Morgan fingerprint density at radius 1 is 1.26 bits per heavy atom. The molecule has 5 nitrogen and oxygen atoms in total. The maximum absolute atomic E-state index is 10.9. The van der Waals surface area contributed by atoms with Gasteiger partial charge in [-0.2, -0.15) is 5.26 Å². The van der Waals surface area contributed by atoms with Crippen molar-refractivity contribution in [3.63, 3.8) is 0 Å². The second-order valence-corrected chi connectivity index (χ2v) is 3.93. The number of carbonyl (C=O) groups is 1. The third-order valence-corrected chi connectivity index (χ3v) is 2.53. The van der Waals surface area contributed by atoms with Gasteiger partial charge in [-0.15, -0.1) is 0 Å². The number of halogens is 1. The summed E-state index contributed by atoms with van der Waals surface area (Å²) in [5, 5.41) is 17.6. The number of carboxylic acids is 1. The quantitative estimate of drug-likeness (QED) is 0.930. The van der Waals surface area contributed by atoms with Gasteiger partial charge in [0.2, 0.25) is 5.88 Å². The maximum atomic E-state index is 10.9. The van der Waals surface area contributed by atoms with Crippen LogP contribution in [0.25, 0.3) is 0 Å². The summed E-state index contributed by atoms with van der Waals surface area (Å²) in [6, 6.07) is 11.2. The van der Waals surface area contributed by atoms with Crippen LogP contribution in [-0.2, 0) is 0 Å². The minimum atomic E-state index is -1.23. The molecule has 1 aromatic carbocycles. The van der Waals surface area contributed by atoms with E-state index in [0.717, 1.165) is 0 Å². The predicted octanol–water partition coefficient (Wildman–Crippen LogP) is 3.10. The minimum absolute atomic E-state index is 0.0414. The Hall–Kier alpha value is -2.58. The second-order valence-electron chi connectivity index (χ2n) is 3.52. The molecule has 0 amide bonds. The molecule has 1 N–H and O–H groups in total. The molecule has 0 fully saturated rings. The van der Waals surface area contributed by atoms with Gasteiger partial charge in [-0.25, -0.2) is 9.78 Å². The van der Waals surface area contributed by atoms with Crippen LogP contribution in [0.2, 0.25) is 5.02 Å². The van der Waals surface area contributed by atoms with Gasteiger partial charge in [-0.05, 0) is 30.3 Å². The summed E-state index contributed by atoms with van der Waals surface area (Å²) in [4.78, 5) is 14.7. The Labute approximate surface area is 113 Å². The Morgan fingerprint density at radius 2 is 1.95 bits per heavy atom. The van der Waals surface area contributed by atoms with E-state index in [2.05, 4.69) is 4.98 Å². The highest BCUT2D eigenvalue weighted by atomic mass is 35.5. The zero-order valence-corrected chi connectivity index (χ0v) is 10.3. The molecule has 0 aliphatic heterocycles. The molecule has 0 aliphatic rings. The Morgan fingerprint density at radius 3 is 2.53 bits per heavy atom. The lowest BCUT2D eigenvalue weighted by Crippen LogP contribution is -2.02. The lowest BCUT2D eigenvalue weighted by atomic mass is 10.2. The summed E-state index contributed by atoms with van der Waals surface area (Å²) in [7, 11) is 0. The zero-order valence-electron chi connectivity index (χ0n) is 9.50. The van der Waals surface area contributed by atoms with Gasteiger partial charge in [0.15, 0.2) is 5.69 Å². The van der Waals surface area contributed by atoms with Crippen molar-refractivity contribution in [2.45, 2.75) is 0 Å². The van der Waals surface area contributed by atoms with E-state index in [-0.39, 0.29) is 16.6 Å². The van der Waals surface area contributed by atoms with Crippen molar-refractivity contribution in [3.05, 3.63) is 52.7 Å². The Bertz CT molecular complexity index is 663. The van der Waals surface area contributed by atoms with Crippen LogP contribution >= 0.6 is 11.6 Å². The number of hydrogen-bond acceptors (Lipinski definition) is 4. The summed E-state index contributed by atoms with van der Waals surface area (Å²) >= 11 is 5.70. The van der Waals surface area contributed by atoms with E-state index in [1.54, 1.807) is 24.3 Å². The summed E-state index contributed by atoms with van der Waals surface area (Å²) in [5.41, 5.74) is 0.232. The number of rotatable bonds is 3. The first kappa shape index (κ1) is 12.9. The van der Waals surface area contributed by atoms with Crippen LogP contribution < -0.4 is 4.74 Å². The van der Waals surface area contributed by atoms with E-state index in [9.17, 15) is 4.79 Å². The van der Waals surface area contributed by atoms with Crippen molar-refractivity contribution in [2.24, 2.45) is 0 Å². The van der Waals surface area contributed by atoms with E-state index in [1.807, 2.05) is 6.07 Å². The first-order chi connectivity index (χ1) is 9.10. The predicted molar refractivity (Wildman–Crippen MR) is 67.4 cm³/mol. The van der Waals surface area contributed by atoms with Gasteiger partial charge in [-0.3, -0.25) is 0 Å². The van der Waals surface area contributed by atoms with Crippen LogP contribution in [0.3, 0.4) is 0 Å². The maximum Gasteiger partial charge on any atom is 0.356 e. The number of benzene rings is 1. The van der Waals surface area contributed by atoms with Crippen LogP contribution in [0.15, 0.2) is 36.4 Å². The molecule has 19 heavy (non-hydrogen) atoms. The lowest BCUT2D eigenvalue weighted by Gasteiger charge is -2.06. The second kappa shape index (κ2) is 5.38. The number of nitriles is 1. The fraction of sp³-hybridized carbons (Fsp3) is 0. The van der Waals surface area contributed by atoms with Crippen LogP contribution in [-0.4, -0.2) is 16.1 Å². The van der Waals surface area contributed by atoms with E-state index >= 15 is 0 Å². The van der Waals surface area contributed by atoms with Gasteiger partial charge in [0.25, 0.3) is 0 Å². The molecule has 0 spiro atoms. The van der Waals surface area contributed by atoms with Gasteiger partial charge >= 0.3 is 5.97 Å². The Balaban J connectivity index is 2.25. The summed E-state index contributed by atoms with van der Waals surface area (Å²) in [5.74, 6) is -0.660. The SMILES string of the molecule is N#Cc1ccc(Oc2ccc(Cl)c(C(=O)O)n2)cc1. The summed E-state index contributed by atoms with van der Waals surface area (Å²) in [6.45, 7) is 0. The molecule has 0 radical (unpaired) electrons. The number of hydrogen-bond donors (Lipinski definition) is 1. The van der Waals surface area contributed by atoms with Crippen LogP contribution in [0, 0.1) is 11.3 Å². The van der Waals surface area contributed by atoms with Crippen molar-refractivity contribution >= 4 is 17.6 Å². The average Bonchev–Trinajstić information content (AvgIpc) is 2.41. The molecule has 94 valence electrons. The fourth-order valence-electron chi connectivity index (χ4n) is 1.35. The fourth-order valence-corrected chi connectivity index (χ4v) is 1.54. The van der Waals surface area contributed by atoms with Crippen molar-refractivity contribution in [3.8, 4) is 17.7 Å². The monoisotopic (exact) mass is 274 g/mol. The number of nitrogens with zero attached hydrogens (tertiary/aromatic N) is 2. The molecule has 0 saturated carbocycles. The topological polar surface area (TPSA) is 83.2 Å². The molecule has 0 saturated heterocycles. The minimum Gasteiger partial charge on any atom is -0.476 e. The van der Waals surface area contributed by atoms with Gasteiger partial charge in [0.05, 0.1) is 16.7 Å². The van der Waals surface area contributed by atoms with E-state index in [1.165, 1.54) is 12.1 Å². The third-order valence-electron chi connectivity index (χ3n) is 2.23. The van der Waals surface area contributed by atoms with Crippen molar-refractivity contribution in [1.82, 2.24) is 4.98 Å². The van der Waals surface area contributed by atoms with Crippen molar-refractivity contribution < 1.29 is 14.6 Å². The molecule has 0 atom stereocenters. The van der Waals surface area contributed by atoms with Crippen molar-refractivity contribution in [1.29, 1.82) is 5.26 Å². The van der Waals surface area contributed by atoms with Crippen molar-refractivity contribution in [2.75, 3.05) is 0 Å². The first-order valence-corrected chi connectivity index (χ1v) is 5.56. The molecule has 1 aromatic heterocycles. The van der Waals surface area contributed by atoms with Crippen LogP contribution in [0.5, 0.6) is 11.6 Å². The van der Waals surface area contributed by atoms with Gasteiger partial charge < -0.3 is 9.84 Å². The number of aromatic carboxylic acids is 1. The summed E-state index contributed by atoms with van der Waals surface area (Å²) in [6.07, 6.45) is 0. The smallest absolute Gasteiger partial charge is 0.356 e. The van der Waals surface area contributed by atoms with E-state index in [4.69, 9.17) is 26.7 Å². The lowest BCUT2D eigenvalue weighted by molar-refractivity contribution is 0.0690. The molecule has 0 bridgehead atoms. The van der Waals surface area contributed by atoms with E-state index in [0.29, 0.717) is 11.3 Å². The molecule has 2 rings (SSSR count). The standard InChI is InChI=1S/C13H7ClN2O3/c14-10-5-6-11(16-12(10)13(17)18)19-9-3-1-8(7-15)2-4-9/h1-6H,(H,17,18). The molecule has 1 heterocycles. The van der Waals surface area contributed by atoms with Crippen LogP contribution in [0.4, 0.5) is 0 Å². The number of aromatic nitrogens is 1. The first-order valence-electron chi connectivity index (χ1n) is 5.18. The average molecular weight is 275 g/mol.